The van der Waals surface area contributed by atoms with E-state index in [0.29, 0.717) is 10.7 Å². The first-order valence-electron chi connectivity index (χ1n) is 8.99. The topological polar surface area (TPSA) is 49.8 Å². The van der Waals surface area contributed by atoms with Crippen LogP contribution in [0.25, 0.3) is 0 Å². The minimum Gasteiger partial charge on any atom is -0.351 e. The van der Waals surface area contributed by atoms with Crippen LogP contribution in [0.3, 0.4) is 0 Å². The number of anilines is 3. The van der Waals surface area contributed by atoms with Gasteiger partial charge in [0.1, 0.15) is 5.82 Å². The Kier molecular flexibility index (Phi) is 5.79. The van der Waals surface area contributed by atoms with Crippen molar-refractivity contribution in [1.29, 1.82) is 0 Å². The average Bonchev–Trinajstić information content (AvgIpc) is 2.58. The van der Waals surface area contributed by atoms with Gasteiger partial charge in [-0.15, -0.1) is 0 Å². The van der Waals surface area contributed by atoms with E-state index < -0.39 is 11.9 Å². The largest absolute Gasteiger partial charge is 0.433 e. The molecule has 1 aromatic heterocycles. The standard InChI is InChI=1S/C19H22ClF3N4/c1-11-8-13(20)9-12(2)17(11)26-16-10-15(19(21,22)23)25-18(27-16)24-14-6-4-3-5-7-14/h8-10,14H,3-7H2,1-2H3,(H2,24,25,26,27). The lowest BCUT2D eigenvalue weighted by atomic mass is 9.96. The minimum absolute atomic E-state index is 0.00324. The number of benzene rings is 1. The van der Waals surface area contributed by atoms with Crippen LogP contribution in [0.2, 0.25) is 5.02 Å². The molecular weight excluding hydrogens is 377 g/mol. The summed E-state index contributed by atoms with van der Waals surface area (Å²) >= 11 is 6.03. The van der Waals surface area contributed by atoms with E-state index in [4.69, 9.17) is 11.6 Å². The van der Waals surface area contributed by atoms with Gasteiger partial charge in [-0.25, -0.2) is 4.98 Å². The van der Waals surface area contributed by atoms with Crippen molar-refractivity contribution in [3.8, 4) is 0 Å². The van der Waals surface area contributed by atoms with Gasteiger partial charge in [0.2, 0.25) is 5.95 Å². The normalized spacial score (nSPS) is 15.6. The molecule has 1 aliphatic rings. The van der Waals surface area contributed by atoms with Crippen LogP contribution in [-0.2, 0) is 6.18 Å². The van der Waals surface area contributed by atoms with Crippen molar-refractivity contribution in [1.82, 2.24) is 9.97 Å². The molecule has 0 amide bonds. The zero-order valence-electron chi connectivity index (χ0n) is 15.3. The van der Waals surface area contributed by atoms with Gasteiger partial charge in [-0.05, 0) is 49.9 Å². The molecule has 0 saturated heterocycles. The first kappa shape index (κ1) is 19.7. The highest BCUT2D eigenvalue weighted by Crippen LogP contribution is 2.33. The first-order chi connectivity index (χ1) is 12.7. The number of nitrogens with one attached hydrogen (secondary N) is 2. The van der Waals surface area contributed by atoms with Crippen LogP contribution in [0.1, 0.15) is 48.9 Å². The number of aryl methyl sites for hydroxylation is 2. The second-order valence-corrected chi connectivity index (χ2v) is 7.42. The average molecular weight is 399 g/mol. The molecule has 0 radical (unpaired) electrons. The summed E-state index contributed by atoms with van der Waals surface area (Å²) in [4.78, 5) is 7.97. The maximum absolute atomic E-state index is 13.3. The minimum atomic E-state index is -4.55. The van der Waals surface area contributed by atoms with Crippen LogP contribution in [0, 0.1) is 13.8 Å². The molecule has 1 saturated carbocycles. The van der Waals surface area contributed by atoms with Gasteiger partial charge in [-0.3, -0.25) is 0 Å². The predicted molar refractivity (Wildman–Crippen MR) is 102 cm³/mol. The summed E-state index contributed by atoms with van der Waals surface area (Å²) in [5.74, 6) is 0.104. The highest BCUT2D eigenvalue weighted by atomic mass is 35.5. The maximum atomic E-state index is 13.3. The Morgan fingerprint density at radius 2 is 1.63 bits per heavy atom. The van der Waals surface area contributed by atoms with Gasteiger partial charge in [0.15, 0.2) is 5.69 Å². The van der Waals surface area contributed by atoms with Crippen LogP contribution >= 0.6 is 11.6 Å². The second-order valence-electron chi connectivity index (χ2n) is 6.98. The van der Waals surface area contributed by atoms with Crippen molar-refractivity contribution in [2.24, 2.45) is 0 Å². The summed E-state index contributed by atoms with van der Waals surface area (Å²) < 4.78 is 39.9. The Morgan fingerprint density at radius 1 is 1.00 bits per heavy atom. The van der Waals surface area contributed by atoms with Crippen LogP contribution in [-0.4, -0.2) is 16.0 Å². The van der Waals surface area contributed by atoms with Crippen molar-refractivity contribution in [3.63, 3.8) is 0 Å². The predicted octanol–water partition coefficient (Wildman–Crippen LogP) is 6.25. The maximum Gasteiger partial charge on any atom is 0.433 e. The second kappa shape index (κ2) is 7.92. The fraction of sp³-hybridized carbons (Fsp3) is 0.474. The van der Waals surface area contributed by atoms with Crippen molar-refractivity contribution in [2.45, 2.75) is 58.2 Å². The number of alkyl halides is 3. The molecule has 0 unspecified atom stereocenters. The third kappa shape index (κ3) is 5.03. The SMILES string of the molecule is Cc1cc(Cl)cc(C)c1Nc1cc(C(F)(F)F)nc(NC2CCCCC2)n1. The van der Waals surface area contributed by atoms with E-state index >= 15 is 0 Å². The van der Waals surface area contributed by atoms with Gasteiger partial charge < -0.3 is 10.6 Å². The van der Waals surface area contributed by atoms with E-state index in [0.717, 1.165) is 49.3 Å². The number of nitrogens with zero attached hydrogens (tertiary/aromatic N) is 2. The van der Waals surface area contributed by atoms with Crippen molar-refractivity contribution >= 4 is 29.1 Å². The Morgan fingerprint density at radius 3 is 2.22 bits per heavy atom. The highest BCUT2D eigenvalue weighted by Gasteiger charge is 2.34. The van der Waals surface area contributed by atoms with Gasteiger partial charge in [0.25, 0.3) is 0 Å². The van der Waals surface area contributed by atoms with Gasteiger partial charge in [0.05, 0.1) is 0 Å². The number of aromatic nitrogens is 2. The van der Waals surface area contributed by atoms with Crippen molar-refractivity contribution < 1.29 is 13.2 Å². The highest BCUT2D eigenvalue weighted by molar-refractivity contribution is 6.30. The molecule has 0 bridgehead atoms. The molecule has 8 heteroatoms. The number of rotatable bonds is 4. The van der Waals surface area contributed by atoms with E-state index in [2.05, 4.69) is 20.6 Å². The summed E-state index contributed by atoms with van der Waals surface area (Å²) in [6, 6.07) is 4.54. The van der Waals surface area contributed by atoms with E-state index in [1.807, 2.05) is 13.8 Å². The third-order valence-corrected chi connectivity index (χ3v) is 4.92. The number of hydrogen-bond donors (Lipinski definition) is 2. The molecule has 2 aromatic rings. The quantitative estimate of drug-likeness (QED) is 0.638. The van der Waals surface area contributed by atoms with Crippen LogP contribution in [0.4, 0.5) is 30.6 Å². The Hall–Kier alpha value is -2.02. The fourth-order valence-corrected chi connectivity index (χ4v) is 3.71. The van der Waals surface area contributed by atoms with Gasteiger partial charge in [-0.2, -0.15) is 18.2 Å². The monoisotopic (exact) mass is 398 g/mol. The van der Waals surface area contributed by atoms with Crippen molar-refractivity contribution in [2.75, 3.05) is 10.6 Å². The lowest BCUT2D eigenvalue weighted by Crippen LogP contribution is -2.24. The first-order valence-corrected chi connectivity index (χ1v) is 9.37. The van der Waals surface area contributed by atoms with E-state index in [9.17, 15) is 13.2 Å². The van der Waals surface area contributed by atoms with E-state index in [-0.39, 0.29) is 17.8 Å². The summed E-state index contributed by atoms with van der Waals surface area (Å²) in [6.07, 6.45) is 0.557. The molecule has 146 valence electrons. The molecule has 2 N–H and O–H groups in total. The molecule has 1 fully saturated rings. The fourth-order valence-electron chi connectivity index (χ4n) is 3.39. The Labute approximate surface area is 161 Å². The Balaban J connectivity index is 1.93. The zero-order valence-corrected chi connectivity index (χ0v) is 16.0. The molecule has 1 aliphatic carbocycles. The van der Waals surface area contributed by atoms with Crippen molar-refractivity contribution in [3.05, 3.63) is 40.0 Å². The zero-order chi connectivity index (χ0) is 19.6. The number of hydrogen-bond acceptors (Lipinski definition) is 4. The summed E-state index contributed by atoms with van der Waals surface area (Å²) in [6.45, 7) is 3.68. The smallest absolute Gasteiger partial charge is 0.351 e. The summed E-state index contributed by atoms with van der Waals surface area (Å²) in [5, 5.41) is 6.66. The molecule has 4 nitrogen and oxygen atoms in total. The van der Waals surface area contributed by atoms with Gasteiger partial charge in [-0.1, -0.05) is 30.9 Å². The molecule has 3 rings (SSSR count). The molecule has 1 aromatic carbocycles. The third-order valence-electron chi connectivity index (χ3n) is 4.71. The van der Waals surface area contributed by atoms with E-state index in [1.165, 1.54) is 0 Å². The number of halogens is 4. The molecule has 1 heterocycles. The van der Waals surface area contributed by atoms with E-state index in [1.54, 1.807) is 12.1 Å². The van der Waals surface area contributed by atoms with Crippen LogP contribution in [0.5, 0.6) is 0 Å². The molecular formula is C19H22ClF3N4. The lowest BCUT2D eigenvalue weighted by molar-refractivity contribution is -0.141. The van der Waals surface area contributed by atoms with Gasteiger partial charge in [0, 0.05) is 22.8 Å². The molecule has 0 atom stereocenters. The molecule has 0 spiro atoms. The van der Waals surface area contributed by atoms with Gasteiger partial charge >= 0.3 is 6.18 Å². The summed E-state index contributed by atoms with van der Waals surface area (Å²) in [5.41, 5.74) is 1.38. The summed E-state index contributed by atoms with van der Waals surface area (Å²) in [7, 11) is 0. The van der Waals surface area contributed by atoms with Crippen LogP contribution in [0.15, 0.2) is 18.2 Å². The van der Waals surface area contributed by atoms with Crippen LogP contribution < -0.4 is 10.6 Å². The lowest BCUT2D eigenvalue weighted by Gasteiger charge is -2.23. The molecule has 0 aliphatic heterocycles. The Bertz CT molecular complexity index is 794. The molecule has 27 heavy (non-hydrogen) atoms.